The average Bonchev–Trinajstić information content (AvgIpc) is 2.52. The largest absolute Gasteiger partial charge is 0.310 e. The van der Waals surface area contributed by atoms with Gasteiger partial charge in [-0.2, -0.15) is 0 Å². The van der Waals surface area contributed by atoms with Crippen molar-refractivity contribution in [2.45, 2.75) is 45.6 Å². The summed E-state index contributed by atoms with van der Waals surface area (Å²) in [5.74, 6) is 0. The summed E-state index contributed by atoms with van der Waals surface area (Å²) >= 11 is 0. The summed E-state index contributed by atoms with van der Waals surface area (Å²) in [6.07, 6.45) is 8.55. The predicted molar refractivity (Wildman–Crippen MR) is 89.4 cm³/mol. The van der Waals surface area contributed by atoms with Gasteiger partial charge in [-0.05, 0) is 61.9 Å². The number of nitrogens with one attached hydrogen (secondary N) is 1. The summed E-state index contributed by atoms with van der Waals surface area (Å²) in [6.45, 7) is 5.44. The van der Waals surface area contributed by atoms with Gasteiger partial charge in [0.2, 0.25) is 0 Å². The van der Waals surface area contributed by atoms with Crippen molar-refractivity contribution in [3.05, 3.63) is 65.5 Å². The fraction of sp³-hybridized carbons (Fsp3) is 0.421. The second-order valence-corrected chi connectivity index (χ2v) is 5.62. The van der Waals surface area contributed by atoms with E-state index in [9.17, 15) is 0 Å². The first-order valence-electron chi connectivity index (χ1n) is 7.99. The van der Waals surface area contributed by atoms with Crippen LogP contribution in [-0.2, 0) is 6.42 Å². The highest BCUT2D eigenvalue weighted by Crippen LogP contribution is 2.22. The smallest absolute Gasteiger partial charge is 0.0324 e. The monoisotopic (exact) mass is 282 g/mol. The minimum absolute atomic E-state index is 0.441. The Bertz CT molecular complexity index is 522. The van der Waals surface area contributed by atoms with Gasteiger partial charge in [-0.1, -0.05) is 37.3 Å². The molecule has 112 valence electrons. The fourth-order valence-electron chi connectivity index (χ4n) is 2.72. The lowest BCUT2D eigenvalue weighted by atomic mass is 9.97. The second-order valence-electron chi connectivity index (χ2n) is 5.62. The standard InChI is InChI=1S/C19H26N2/c1-3-13-21-19(18-12-14-20-15-16(18)2)11-7-10-17-8-5-4-6-9-17/h4-6,8-9,12,14-15,19,21H,3,7,10-11,13H2,1-2H3. The Labute approximate surface area is 128 Å². The molecule has 0 radical (unpaired) electrons. The number of hydrogen-bond donors (Lipinski definition) is 1. The molecule has 1 aromatic carbocycles. The van der Waals surface area contributed by atoms with E-state index in [0.717, 1.165) is 13.0 Å². The number of benzene rings is 1. The minimum Gasteiger partial charge on any atom is -0.310 e. The van der Waals surface area contributed by atoms with Crippen molar-refractivity contribution in [2.75, 3.05) is 6.54 Å². The number of pyridine rings is 1. The highest BCUT2D eigenvalue weighted by molar-refractivity contribution is 5.25. The first-order chi connectivity index (χ1) is 10.3. The van der Waals surface area contributed by atoms with Gasteiger partial charge in [0, 0.05) is 18.4 Å². The molecule has 1 N–H and O–H groups in total. The highest BCUT2D eigenvalue weighted by atomic mass is 14.9. The summed E-state index contributed by atoms with van der Waals surface area (Å²) in [7, 11) is 0. The van der Waals surface area contributed by atoms with Crippen LogP contribution in [0.25, 0.3) is 0 Å². The molecule has 0 aliphatic heterocycles. The lowest BCUT2D eigenvalue weighted by Crippen LogP contribution is -2.23. The summed E-state index contributed by atoms with van der Waals surface area (Å²) in [5.41, 5.74) is 4.11. The van der Waals surface area contributed by atoms with Crippen molar-refractivity contribution in [3.63, 3.8) is 0 Å². The number of nitrogens with zero attached hydrogens (tertiary/aromatic N) is 1. The van der Waals surface area contributed by atoms with Gasteiger partial charge in [-0.25, -0.2) is 0 Å². The third-order valence-electron chi connectivity index (χ3n) is 3.88. The van der Waals surface area contributed by atoms with E-state index in [-0.39, 0.29) is 0 Å². The topological polar surface area (TPSA) is 24.9 Å². The number of rotatable bonds is 8. The molecule has 2 aromatic rings. The molecular formula is C19H26N2. The SMILES string of the molecule is CCCNC(CCCc1ccccc1)c1ccncc1C. The molecule has 1 atom stereocenters. The van der Waals surface area contributed by atoms with Crippen LogP contribution in [0.1, 0.15) is 48.9 Å². The van der Waals surface area contributed by atoms with Gasteiger partial charge in [-0.3, -0.25) is 4.98 Å². The van der Waals surface area contributed by atoms with Crippen LogP contribution in [-0.4, -0.2) is 11.5 Å². The van der Waals surface area contributed by atoms with E-state index in [1.54, 1.807) is 0 Å². The van der Waals surface area contributed by atoms with Gasteiger partial charge >= 0.3 is 0 Å². The van der Waals surface area contributed by atoms with Gasteiger partial charge in [0.25, 0.3) is 0 Å². The molecule has 2 nitrogen and oxygen atoms in total. The first kappa shape index (κ1) is 15.7. The number of hydrogen-bond acceptors (Lipinski definition) is 2. The van der Waals surface area contributed by atoms with Crippen LogP contribution in [0.3, 0.4) is 0 Å². The van der Waals surface area contributed by atoms with Crippen molar-refractivity contribution in [1.82, 2.24) is 10.3 Å². The molecule has 0 bridgehead atoms. The van der Waals surface area contributed by atoms with Gasteiger partial charge < -0.3 is 5.32 Å². The maximum Gasteiger partial charge on any atom is 0.0324 e. The Balaban J connectivity index is 1.95. The maximum absolute atomic E-state index is 4.21. The molecule has 21 heavy (non-hydrogen) atoms. The van der Waals surface area contributed by atoms with E-state index >= 15 is 0 Å². The zero-order chi connectivity index (χ0) is 14.9. The van der Waals surface area contributed by atoms with E-state index in [1.807, 2.05) is 12.4 Å². The van der Waals surface area contributed by atoms with Gasteiger partial charge in [0.15, 0.2) is 0 Å². The minimum atomic E-state index is 0.441. The van der Waals surface area contributed by atoms with Crippen molar-refractivity contribution >= 4 is 0 Å². The average molecular weight is 282 g/mol. The first-order valence-corrected chi connectivity index (χ1v) is 7.99. The third kappa shape index (κ3) is 4.98. The van der Waals surface area contributed by atoms with E-state index in [2.05, 4.69) is 60.5 Å². The Hall–Kier alpha value is -1.67. The lowest BCUT2D eigenvalue weighted by Gasteiger charge is -2.20. The molecular weight excluding hydrogens is 256 g/mol. The van der Waals surface area contributed by atoms with E-state index in [4.69, 9.17) is 0 Å². The third-order valence-corrected chi connectivity index (χ3v) is 3.88. The van der Waals surface area contributed by atoms with Gasteiger partial charge in [-0.15, -0.1) is 0 Å². The fourth-order valence-corrected chi connectivity index (χ4v) is 2.72. The van der Waals surface area contributed by atoms with Crippen molar-refractivity contribution in [3.8, 4) is 0 Å². The van der Waals surface area contributed by atoms with E-state index in [1.165, 1.54) is 36.0 Å². The lowest BCUT2D eigenvalue weighted by molar-refractivity contribution is 0.482. The maximum atomic E-state index is 4.21. The van der Waals surface area contributed by atoms with Crippen LogP contribution in [0, 0.1) is 6.92 Å². The Kier molecular flexibility index (Phi) is 6.42. The Morgan fingerprint density at radius 1 is 1.14 bits per heavy atom. The van der Waals surface area contributed by atoms with Crippen LogP contribution < -0.4 is 5.32 Å². The molecule has 2 rings (SSSR count). The van der Waals surface area contributed by atoms with Crippen LogP contribution in [0.2, 0.25) is 0 Å². The summed E-state index contributed by atoms with van der Waals surface area (Å²) in [6, 6.07) is 13.3. The molecule has 0 aliphatic carbocycles. The second kappa shape index (κ2) is 8.58. The van der Waals surface area contributed by atoms with Crippen LogP contribution in [0.5, 0.6) is 0 Å². The molecule has 0 aliphatic rings. The van der Waals surface area contributed by atoms with Crippen LogP contribution >= 0.6 is 0 Å². The van der Waals surface area contributed by atoms with Crippen LogP contribution in [0.4, 0.5) is 0 Å². The zero-order valence-electron chi connectivity index (χ0n) is 13.2. The summed E-state index contributed by atoms with van der Waals surface area (Å²) in [4.78, 5) is 4.21. The van der Waals surface area contributed by atoms with Crippen LogP contribution in [0.15, 0.2) is 48.8 Å². The highest BCUT2D eigenvalue weighted by Gasteiger charge is 2.12. The molecule has 1 heterocycles. The predicted octanol–water partition coefficient (Wildman–Crippen LogP) is 4.45. The molecule has 0 spiro atoms. The molecule has 1 unspecified atom stereocenters. The summed E-state index contributed by atoms with van der Waals surface area (Å²) in [5, 5.41) is 3.69. The number of aromatic nitrogens is 1. The zero-order valence-corrected chi connectivity index (χ0v) is 13.2. The quantitative estimate of drug-likeness (QED) is 0.773. The molecule has 1 aromatic heterocycles. The molecule has 0 saturated carbocycles. The molecule has 0 amide bonds. The summed E-state index contributed by atoms with van der Waals surface area (Å²) < 4.78 is 0. The van der Waals surface area contributed by atoms with Crippen molar-refractivity contribution in [2.24, 2.45) is 0 Å². The molecule has 0 saturated heterocycles. The number of aryl methyl sites for hydroxylation is 2. The Morgan fingerprint density at radius 2 is 1.95 bits per heavy atom. The molecule has 2 heteroatoms. The van der Waals surface area contributed by atoms with Crippen molar-refractivity contribution < 1.29 is 0 Å². The normalized spacial score (nSPS) is 12.3. The van der Waals surface area contributed by atoms with Gasteiger partial charge in [0.1, 0.15) is 0 Å². The van der Waals surface area contributed by atoms with E-state index in [0.29, 0.717) is 6.04 Å². The van der Waals surface area contributed by atoms with Crippen molar-refractivity contribution in [1.29, 1.82) is 0 Å². The molecule has 0 fully saturated rings. The van der Waals surface area contributed by atoms with Gasteiger partial charge in [0.05, 0.1) is 0 Å². The Morgan fingerprint density at radius 3 is 2.67 bits per heavy atom. The van der Waals surface area contributed by atoms with E-state index < -0.39 is 0 Å².